The van der Waals surface area contributed by atoms with Gasteiger partial charge < -0.3 is 10.5 Å². The smallest absolute Gasteiger partial charge is 0.125 e. The molecule has 19 heavy (non-hydrogen) atoms. The number of hydrogen-bond donors (Lipinski definition) is 1. The van der Waals surface area contributed by atoms with Crippen LogP contribution in [-0.2, 0) is 6.42 Å². The van der Waals surface area contributed by atoms with Crippen LogP contribution >= 0.6 is 0 Å². The second-order valence-electron chi connectivity index (χ2n) is 6.03. The summed E-state index contributed by atoms with van der Waals surface area (Å²) < 4.78 is 6.00. The van der Waals surface area contributed by atoms with Gasteiger partial charge in [0.25, 0.3) is 0 Å². The second kappa shape index (κ2) is 5.96. The molecule has 1 aromatic rings. The number of nitrogens with two attached hydrogens (primary N) is 1. The van der Waals surface area contributed by atoms with Crippen molar-refractivity contribution < 1.29 is 4.74 Å². The van der Waals surface area contributed by atoms with Crippen molar-refractivity contribution in [2.75, 3.05) is 13.2 Å². The van der Waals surface area contributed by atoms with Crippen molar-refractivity contribution in [3.05, 3.63) is 29.3 Å². The van der Waals surface area contributed by atoms with Crippen LogP contribution in [0.25, 0.3) is 0 Å². The van der Waals surface area contributed by atoms with E-state index in [1.807, 2.05) is 0 Å². The molecule has 2 atom stereocenters. The molecule has 0 radical (unpaired) electrons. The van der Waals surface area contributed by atoms with E-state index in [-0.39, 0.29) is 0 Å². The topological polar surface area (TPSA) is 35.2 Å². The quantitative estimate of drug-likeness (QED) is 0.823. The van der Waals surface area contributed by atoms with Crippen LogP contribution in [0, 0.1) is 5.92 Å². The van der Waals surface area contributed by atoms with Gasteiger partial charge in [0.1, 0.15) is 5.75 Å². The molecule has 0 spiro atoms. The van der Waals surface area contributed by atoms with Gasteiger partial charge in [-0.25, -0.2) is 0 Å². The molecule has 3 rings (SSSR count). The van der Waals surface area contributed by atoms with Gasteiger partial charge >= 0.3 is 0 Å². The molecule has 0 bridgehead atoms. The van der Waals surface area contributed by atoms with Gasteiger partial charge in [0, 0.05) is 0 Å². The number of hydrogen-bond acceptors (Lipinski definition) is 2. The number of aryl methyl sites for hydroxylation is 1. The Balaban J connectivity index is 1.95. The summed E-state index contributed by atoms with van der Waals surface area (Å²) in [5, 5.41) is 0. The maximum atomic E-state index is 6.04. The summed E-state index contributed by atoms with van der Waals surface area (Å²) in [5.41, 5.74) is 8.88. The first-order valence-corrected chi connectivity index (χ1v) is 7.85. The Bertz CT molecular complexity index is 429. The molecule has 1 aromatic carbocycles. The molecule has 0 saturated heterocycles. The Morgan fingerprint density at radius 2 is 2.00 bits per heavy atom. The lowest BCUT2D eigenvalue weighted by Crippen LogP contribution is -2.22. The van der Waals surface area contributed by atoms with Crippen LogP contribution in [-0.4, -0.2) is 13.2 Å². The van der Waals surface area contributed by atoms with Crippen LogP contribution in [0.1, 0.15) is 55.6 Å². The minimum Gasteiger partial charge on any atom is -0.493 e. The maximum Gasteiger partial charge on any atom is 0.125 e. The van der Waals surface area contributed by atoms with Crippen LogP contribution in [0.5, 0.6) is 5.75 Å². The Morgan fingerprint density at radius 1 is 1.11 bits per heavy atom. The molecule has 1 aliphatic heterocycles. The molecule has 2 heteroatoms. The number of ether oxygens (including phenoxy) is 1. The summed E-state index contributed by atoms with van der Waals surface area (Å²) in [5.74, 6) is 2.44. The van der Waals surface area contributed by atoms with E-state index in [4.69, 9.17) is 10.5 Å². The van der Waals surface area contributed by atoms with Crippen molar-refractivity contribution in [2.24, 2.45) is 11.7 Å². The van der Waals surface area contributed by atoms with Crippen molar-refractivity contribution in [1.82, 2.24) is 0 Å². The van der Waals surface area contributed by atoms with Crippen LogP contribution in [0.3, 0.4) is 0 Å². The first kappa shape index (κ1) is 13.0. The van der Waals surface area contributed by atoms with Crippen LogP contribution < -0.4 is 10.5 Å². The molecule has 2 N–H and O–H groups in total. The van der Waals surface area contributed by atoms with Crippen LogP contribution in [0.4, 0.5) is 0 Å². The molecule has 1 fully saturated rings. The maximum absolute atomic E-state index is 6.04. The Labute approximate surface area is 116 Å². The lowest BCUT2D eigenvalue weighted by atomic mass is 9.81. The molecule has 2 unspecified atom stereocenters. The molecule has 104 valence electrons. The van der Waals surface area contributed by atoms with Crippen molar-refractivity contribution in [3.8, 4) is 5.75 Å². The predicted octanol–water partition coefficient (Wildman–Crippen LogP) is 3.63. The highest BCUT2D eigenvalue weighted by atomic mass is 16.5. The standard InChI is InChI=1S/C17H25NO/c18-12-14-6-2-1-3-9-15(14)16-10-4-7-13-8-5-11-19-17(13)16/h4,7,10,14-15H,1-3,5-6,8-9,11-12,18H2. The molecular weight excluding hydrogens is 234 g/mol. The van der Waals surface area contributed by atoms with E-state index < -0.39 is 0 Å². The van der Waals surface area contributed by atoms with Crippen molar-refractivity contribution in [3.63, 3.8) is 0 Å². The third-order valence-electron chi connectivity index (χ3n) is 4.83. The lowest BCUT2D eigenvalue weighted by molar-refractivity contribution is 0.278. The SMILES string of the molecule is NCC1CCCCCC1c1cccc2c1OCCC2. The average molecular weight is 259 g/mol. The van der Waals surface area contributed by atoms with E-state index in [2.05, 4.69) is 18.2 Å². The molecular formula is C17H25NO. The van der Waals surface area contributed by atoms with E-state index in [0.29, 0.717) is 11.8 Å². The summed E-state index contributed by atoms with van der Waals surface area (Å²) in [4.78, 5) is 0. The molecule has 0 aromatic heterocycles. The number of benzene rings is 1. The van der Waals surface area contributed by atoms with E-state index in [0.717, 1.165) is 19.6 Å². The summed E-state index contributed by atoms with van der Waals surface area (Å²) in [6.45, 7) is 1.69. The van der Waals surface area contributed by atoms with E-state index in [9.17, 15) is 0 Å². The third kappa shape index (κ3) is 2.64. The molecule has 1 saturated carbocycles. The van der Waals surface area contributed by atoms with E-state index >= 15 is 0 Å². The Hall–Kier alpha value is -1.02. The zero-order valence-corrected chi connectivity index (χ0v) is 11.7. The molecule has 2 aliphatic rings. The zero-order valence-electron chi connectivity index (χ0n) is 11.7. The minimum atomic E-state index is 0.612. The molecule has 1 aliphatic carbocycles. The summed E-state index contributed by atoms with van der Waals surface area (Å²) in [7, 11) is 0. The van der Waals surface area contributed by atoms with Gasteiger partial charge in [-0.1, -0.05) is 37.5 Å². The van der Waals surface area contributed by atoms with Crippen molar-refractivity contribution in [1.29, 1.82) is 0 Å². The summed E-state index contributed by atoms with van der Waals surface area (Å²) >= 11 is 0. The van der Waals surface area contributed by atoms with Gasteiger partial charge in [-0.15, -0.1) is 0 Å². The highest BCUT2D eigenvalue weighted by molar-refractivity contribution is 5.45. The number of fused-ring (bicyclic) bond motifs is 1. The number of para-hydroxylation sites is 1. The summed E-state index contributed by atoms with van der Waals surface area (Å²) in [6.07, 6.45) is 8.93. The molecule has 1 heterocycles. The monoisotopic (exact) mass is 259 g/mol. The number of rotatable bonds is 2. The molecule has 2 nitrogen and oxygen atoms in total. The average Bonchev–Trinajstić information content (AvgIpc) is 2.71. The van der Waals surface area contributed by atoms with Gasteiger partial charge in [0.2, 0.25) is 0 Å². The fourth-order valence-electron chi connectivity index (χ4n) is 3.78. The minimum absolute atomic E-state index is 0.612. The van der Waals surface area contributed by atoms with Gasteiger partial charge in [-0.05, 0) is 55.2 Å². The lowest BCUT2D eigenvalue weighted by Gasteiger charge is -2.29. The largest absolute Gasteiger partial charge is 0.493 e. The first-order chi connectivity index (χ1) is 9.40. The Morgan fingerprint density at radius 3 is 2.89 bits per heavy atom. The zero-order chi connectivity index (χ0) is 13.1. The van der Waals surface area contributed by atoms with Gasteiger partial charge in [0.05, 0.1) is 6.61 Å². The first-order valence-electron chi connectivity index (χ1n) is 7.85. The molecule has 0 amide bonds. The fraction of sp³-hybridized carbons (Fsp3) is 0.647. The van der Waals surface area contributed by atoms with Crippen molar-refractivity contribution in [2.45, 2.75) is 50.9 Å². The second-order valence-corrected chi connectivity index (χ2v) is 6.03. The van der Waals surface area contributed by atoms with Crippen LogP contribution in [0.2, 0.25) is 0 Å². The summed E-state index contributed by atoms with van der Waals surface area (Å²) in [6, 6.07) is 6.72. The van der Waals surface area contributed by atoms with E-state index in [1.165, 1.54) is 55.4 Å². The third-order valence-corrected chi connectivity index (χ3v) is 4.83. The van der Waals surface area contributed by atoms with Gasteiger partial charge in [0.15, 0.2) is 0 Å². The fourth-order valence-corrected chi connectivity index (χ4v) is 3.78. The van der Waals surface area contributed by atoms with Gasteiger partial charge in [-0.2, -0.15) is 0 Å². The van der Waals surface area contributed by atoms with Crippen LogP contribution in [0.15, 0.2) is 18.2 Å². The highest BCUT2D eigenvalue weighted by Crippen LogP contribution is 2.42. The predicted molar refractivity (Wildman–Crippen MR) is 78.6 cm³/mol. The Kier molecular flexibility index (Phi) is 4.07. The normalized spacial score (nSPS) is 27.2. The van der Waals surface area contributed by atoms with Gasteiger partial charge in [-0.3, -0.25) is 0 Å². The van der Waals surface area contributed by atoms with E-state index in [1.54, 1.807) is 0 Å². The highest BCUT2D eigenvalue weighted by Gasteiger charge is 2.28. The van der Waals surface area contributed by atoms with Crippen molar-refractivity contribution >= 4 is 0 Å².